The Kier molecular flexibility index (Phi) is 3.94. The highest BCUT2D eigenvalue weighted by molar-refractivity contribution is 5.18. The highest BCUT2D eigenvalue weighted by atomic mass is 16.3. The fourth-order valence-electron chi connectivity index (χ4n) is 9.13. The van der Waals surface area contributed by atoms with E-state index in [0.29, 0.717) is 17.3 Å². The average Bonchev–Trinajstić information content (AvgIpc) is 3.38. The summed E-state index contributed by atoms with van der Waals surface area (Å²) in [6, 6.07) is 0. The third-order valence-corrected chi connectivity index (χ3v) is 10.7. The van der Waals surface area contributed by atoms with E-state index in [2.05, 4.69) is 13.8 Å². The summed E-state index contributed by atoms with van der Waals surface area (Å²) < 4.78 is 0. The number of rotatable bonds is 3. The SMILES string of the molecule is C[C@]12[C@@H](CC[C@@H]3[C@@H]1CC[C@@]1(C)[C@H]3CC[C@@]1(O)CCCO)CC(O)[C@@H]1C[C@@H]12. The first-order chi connectivity index (χ1) is 12.3. The summed E-state index contributed by atoms with van der Waals surface area (Å²) in [4.78, 5) is 0. The quantitative estimate of drug-likeness (QED) is 0.716. The molecule has 3 heteroatoms. The Hall–Kier alpha value is -0.120. The minimum Gasteiger partial charge on any atom is -0.396 e. The van der Waals surface area contributed by atoms with Gasteiger partial charge in [0.1, 0.15) is 0 Å². The van der Waals surface area contributed by atoms with E-state index < -0.39 is 5.60 Å². The molecule has 26 heavy (non-hydrogen) atoms. The Morgan fingerprint density at radius 1 is 0.885 bits per heavy atom. The fraction of sp³-hybridized carbons (Fsp3) is 1.00. The van der Waals surface area contributed by atoms with Gasteiger partial charge in [0.25, 0.3) is 0 Å². The Balaban J connectivity index is 1.43. The molecule has 0 radical (unpaired) electrons. The van der Waals surface area contributed by atoms with Gasteiger partial charge < -0.3 is 15.3 Å². The van der Waals surface area contributed by atoms with Gasteiger partial charge in [0.2, 0.25) is 0 Å². The third kappa shape index (κ3) is 2.12. The lowest BCUT2D eigenvalue weighted by Gasteiger charge is -2.61. The van der Waals surface area contributed by atoms with Crippen LogP contribution in [0.25, 0.3) is 0 Å². The van der Waals surface area contributed by atoms with Gasteiger partial charge in [0.05, 0.1) is 11.7 Å². The van der Waals surface area contributed by atoms with Crippen molar-refractivity contribution in [3.05, 3.63) is 0 Å². The highest BCUT2D eigenvalue weighted by Crippen LogP contribution is 2.73. The molecule has 1 unspecified atom stereocenters. The van der Waals surface area contributed by atoms with E-state index in [-0.39, 0.29) is 18.1 Å². The lowest BCUT2D eigenvalue weighted by atomic mass is 9.44. The third-order valence-electron chi connectivity index (χ3n) is 10.7. The number of fused-ring (bicyclic) bond motifs is 7. The van der Waals surface area contributed by atoms with Crippen LogP contribution in [0.2, 0.25) is 0 Å². The van der Waals surface area contributed by atoms with Crippen LogP contribution in [0.1, 0.15) is 78.1 Å². The maximum Gasteiger partial charge on any atom is 0.0704 e. The first-order valence-corrected chi connectivity index (χ1v) is 11.4. The lowest BCUT2D eigenvalue weighted by molar-refractivity contribution is -0.164. The van der Waals surface area contributed by atoms with Crippen molar-refractivity contribution in [2.45, 2.75) is 89.8 Å². The van der Waals surface area contributed by atoms with E-state index in [4.69, 9.17) is 0 Å². The van der Waals surface area contributed by atoms with E-state index in [9.17, 15) is 15.3 Å². The molecule has 5 saturated carbocycles. The molecule has 0 spiro atoms. The van der Waals surface area contributed by atoms with Crippen LogP contribution < -0.4 is 0 Å². The van der Waals surface area contributed by atoms with Gasteiger partial charge in [-0.15, -0.1) is 0 Å². The zero-order valence-electron chi connectivity index (χ0n) is 16.7. The molecular formula is C23H38O3. The first-order valence-electron chi connectivity index (χ1n) is 11.4. The Morgan fingerprint density at radius 3 is 2.42 bits per heavy atom. The number of aliphatic hydroxyl groups excluding tert-OH is 2. The summed E-state index contributed by atoms with van der Waals surface area (Å²) in [7, 11) is 0. The van der Waals surface area contributed by atoms with Gasteiger partial charge in [-0.1, -0.05) is 13.8 Å². The fourth-order valence-corrected chi connectivity index (χ4v) is 9.13. The van der Waals surface area contributed by atoms with E-state index in [1.54, 1.807) is 0 Å². The van der Waals surface area contributed by atoms with Crippen LogP contribution >= 0.6 is 0 Å². The van der Waals surface area contributed by atoms with Gasteiger partial charge in [-0.3, -0.25) is 0 Å². The molecule has 0 aromatic carbocycles. The first kappa shape index (κ1) is 17.9. The lowest BCUT2D eigenvalue weighted by Crippen LogP contribution is -2.57. The summed E-state index contributed by atoms with van der Waals surface area (Å²) >= 11 is 0. The number of hydrogen-bond donors (Lipinski definition) is 3. The molecule has 3 N–H and O–H groups in total. The Bertz CT molecular complexity index is 578. The second-order valence-corrected chi connectivity index (χ2v) is 11.2. The minimum absolute atomic E-state index is 0.0291. The van der Waals surface area contributed by atoms with Crippen LogP contribution in [0, 0.1) is 46.3 Å². The van der Waals surface area contributed by atoms with Crippen LogP contribution in [0.5, 0.6) is 0 Å². The molecular weight excluding hydrogens is 324 g/mol. The molecule has 5 fully saturated rings. The molecule has 3 nitrogen and oxygen atoms in total. The van der Waals surface area contributed by atoms with E-state index in [0.717, 1.165) is 55.8 Å². The molecule has 0 aromatic rings. The van der Waals surface area contributed by atoms with Crippen LogP contribution in [-0.4, -0.2) is 33.6 Å². The van der Waals surface area contributed by atoms with Gasteiger partial charge in [-0.05, 0) is 111 Å². The zero-order valence-corrected chi connectivity index (χ0v) is 16.7. The van der Waals surface area contributed by atoms with Crippen LogP contribution in [0.15, 0.2) is 0 Å². The molecule has 5 aliphatic carbocycles. The van der Waals surface area contributed by atoms with Crippen molar-refractivity contribution in [1.29, 1.82) is 0 Å². The van der Waals surface area contributed by atoms with Gasteiger partial charge in [0.15, 0.2) is 0 Å². The summed E-state index contributed by atoms with van der Waals surface area (Å²) in [6.45, 7) is 5.15. The predicted molar refractivity (Wildman–Crippen MR) is 101 cm³/mol. The van der Waals surface area contributed by atoms with Crippen molar-refractivity contribution in [2.75, 3.05) is 6.61 Å². The molecule has 0 bridgehead atoms. The van der Waals surface area contributed by atoms with Crippen molar-refractivity contribution in [3.63, 3.8) is 0 Å². The molecule has 0 aliphatic heterocycles. The smallest absolute Gasteiger partial charge is 0.0704 e. The van der Waals surface area contributed by atoms with Gasteiger partial charge in [-0.2, -0.15) is 0 Å². The molecule has 0 aromatic heterocycles. The average molecular weight is 363 g/mol. The van der Waals surface area contributed by atoms with Gasteiger partial charge in [0, 0.05) is 6.61 Å². The molecule has 5 aliphatic rings. The van der Waals surface area contributed by atoms with Crippen molar-refractivity contribution in [3.8, 4) is 0 Å². The Morgan fingerprint density at radius 2 is 1.65 bits per heavy atom. The Labute approximate surface area is 158 Å². The summed E-state index contributed by atoms with van der Waals surface area (Å²) in [5, 5.41) is 31.3. The summed E-state index contributed by atoms with van der Waals surface area (Å²) in [5.41, 5.74) is -0.0718. The number of aliphatic hydroxyl groups is 3. The maximum atomic E-state index is 11.5. The van der Waals surface area contributed by atoms with Crippen LogP contribution in [0.3, 0.4) is 0 Å². The molecule has 0 amide bonds. The monoisotopic (exact) mass is 362 g/mol. The van der Waals surface area contributed by atoms with Crippen LogP contribution in [-0.2, 0) is 0 Å². The van der Waals surface area contributed by atoms with Gasteiger partial charge >= 0.3 is 0 Å². The van der Waals surface area contributed by atoms with Crippen molar-refractivity contribution in [1.82, 2.24) is 0 Å². The summed E-state index contributed by atoms with van der Waals surface area (Å²) in [6.07, 6.45) is 10.9. The van der Waals surface area contributed by atoms with E-state index >= 15 is 0 Å². The largest absolute Gasteiger partial charge is 0.396 e. The molecule has 5 rings (SSSR count). The maximum absolute atomic E-state index is 11.5. The van der Waals surface area contributed by atoms with Crippen molar-refractivity contribution >= 4 is 0 Å². The van der Waals surface area contributed by atoms with Crippen LogP contribution in [0.4, 0.5) is 0 Å². The second kappa shape index (κ2) is 5.70. The van der Waals surface area contributed by atoms with Crippen molar-refractivity contribution < 1.29 is 15.3 Å². The molecule has 0 heterocycles. The topological polar surface area (TPSA) is 60.7 Å². The second-order valence-electron chi connectivity index (χ2n) is 11.2. The zero-order chi connectivity index (χ0) is 18.3. The molecule has 10 atom stereocenters. The van der Waals surface area contributed by atoms with Gasteiger partial charge in [-0.25, -0.2) is 0 Å². The van der Waals surface area contributed by atoms with Crippen molar-refractivity contribution in [2.24, 2.45) is 46.3 Å². The number of hydrogen-bond acceptors (Lipinski definition) is 3. The standard InChI is InChI=1S/C23H38O3/c1-21-9-6-18-15(17(21)7-10-23(21,26)8-3-11-24)5-4-14-12-20(25)16-13-19(16)22(14,18)2/h14-20,24-26H,3-13H2,1-2H3/t14-,15-,16+,17-,18-,19-,20?,21-,22-,23-/m0/s1. The van der Waals surface area contributed by atoms with E-state index in [1.165, 1.54) is 32.1 Å². The van der Waals surface area contributed by atoms with E-state index in [1.807, 2.05) is 0 Å². The highest BCUT2D eigenvalue weighted by Gasteiger charge is 2.69. The normalized spacial score (nSPS) is 60.6. The molecule has 0 saturated heterocycles. The molecule has 148 valence electrons. The predicted octanol–water partition coefficient (Wildman–Crippen LogP) is 3.75. The summed E-state index contributed by atoms with van der Waals surface area (Å²) in [5.74, 6) is 4.32. The minimum atomic E-state index is -0.562.